The Labute approximate surface area is 148 Å². The Kier molecular flexibility index (Phi) is 7.19. The van der Waals surface area contributed by atoms with Gasteiger partial charge in [-0.1, -0.05) is 49.3 Å². The van der Waals surface area contributed by atoms with E-state index in [0.717, 1.165) is 12.0 Å². The van der Waals surface area contributed by atoms with Crippen molar-refractivity contribution in [3.05, 3.63) is 48.2 Å². The Morgan fingerprint density at radius 1 is 1.20 bits per heavy atom. The maximum Gasteiger partial charge on any atom is 0.245 e. The summed E-state index contributed by atoms with van der Waals surface area (Å²) in [6, 6.07) is 11.4. The van der Waals surface area contributed by atoms with Crippen LogP contribution in [0.2, 0.25) is 0 Å². The first-order chi connectivity index (χ1) is 12.0. The zero-order valence-electron chi connectivity index (χ0n) is 14.8. The highest BCUT2D eigenvalue weighted by atomic mass is 16.5. The van der Waals surface area contributed by atoms with Gasteiger partial charge in [-0.25, -0.2) is 0 Å². The molecule has 2 amide bonds. The molecular formula is C19H25N3O3. The molecule has 6 nitrogen and oxygen atoms in total. The molecule has 25 heavy (non-hydrogen) atoms. The Balaban J connectivity index is 1.91. The van der Waals surface area contributed by atoms with Crippen molar-refractivity contribution in [3.8, 4) is 0 Å². The van der Waals surface area contributed by atoms with E-state index in [1.165, 1.54) is 6.26 Å². The molecule has 0 atom stereocenters. The summed E-state index contributed by atoms with van der Waals surface area (Å²) in [6.07, 6.45) is 3.30. The molecule has 0 aliphatic rings. The van der Waals surface area contributed by atoms with Gasteiger partial charge in [0.15, 0.2) is 5.82 Å². The number of benzene rings is 1. The van der Waals surface area contributed by atoms with Crippen LogP contribution in [-0.4, -0.2) is 35.0 Å². The van der Waals surface area contributed by atoms with Crippen LogP contribution in [0.15, 0.2) is 47.2 Å². The minimum absolute atomic E-state index is 0.0141. The van der Waals surface area contributed by atoms with E-state index in [0.29, 0.717) is 31.1 Å². The van der Waals surface area contributed by atoms with E-state index < -0.39 is 0 Å². The van der Waals surface area contributed by atoms with E-state index in [-0.39, 0.29) is 18.4 Å². The van der Waals surface area contributed by atoms with E-state index in [9.17, 15) is 9.59 Å². The molecule has 0 spiro atoms. The van der Waals surface area contributed by atoms with Gasteiger partial charge in [-0.2, -0.15) is 0 Å². The lowest BCUT2D eigenvalue weighted by Crippen LogP contribution is -2.39. The monoisotopic (exact) mass is 343 g/mol. The van der Waals surface area contributed by atoms with E-state index in [2.05, 4.69) is 28.8 Å². The molecule has 134 valence electrons. The zero-order valence-corrected chi connectivity index (χ0v) is 14.8. The van der Waals surface area contributed by atoms with Gasteiger partial charge in [0.25, 0.3) is 0 Å². The maximum absolute atomic E-state index is 12.6. The van der Waals surface area contributed by atoms with Crippen LogP contribution in [0.1, 0.15) is 32.3 Å². The summed E-state index contributed by atoms with van der Waals surface area (Å²) in [5, 5.41) is 6.28. The summed E-state index contributed by atoms with van der Waals surface area (Å²) in [5.41, 5.74) is 1.12. The second-order valence-corrected chi connectivity index (χ2v) is 6.42. The van der Waals surface area contributed by atoms with E-state index in [1.807, 2.05) is 30.3 Å². The van der Waals surface area contributed by atoms with E-state index in [4.69, 9.17) is 0 Å². The number of amides is 2. The van der Waals surface area contributed by atoms with Crippen molar-refractivity contribution in [3.63, 3.8) is 0 Å². The van der Waals surface area contributed by atoms with Crippen molar-refractivity contribution in [2.24, 2.45) is 5.92 Å². The van der Waals surface area contributed by atoms with Crippen LogP contribution < -0.4 is 5.32 Å². The quantitative estimate of drug-likeness (QED) is 0.759. The number of nitrogens with one attached hydrogen (secondary N) is 1. The number of nitrogens with zero attached hydrogens (tertiary/aromatic N) is 2. The van der Waals surface area contributed by atoms with Crippen molar-refractivity contribution < 1.29 is 14.1 Å². The fraction of sp³-hybridized carbons (Fsp3) is 0.421. The third-order valence-corrected chi connectivity index (χ3v) is 3.84. The number of hydrogen-bond acceptors (Lipinski definition) is 4. The molecular weight excluding hydrogens is 318 g/mol. The SMILES string of the molecule is CC(C)CCN(CC(=O)Nc1ccon1)C(=O)CCc1ccccc1. The average Bonchev–Trinajstić information content (AvgIpc) is 3.10. The predicted molar refractivity (Wildman–Crippen MR) is 95.9 cm³/mol. The van der Waals surface area contributed by atoms with Crippen LogP contribution in [0, 0.1) is 5.92 Å². The fourth-order valence-corrected chi connectivity index (χ4v) is 2.39. The molecule has 0 unspecified atom stereocenters. The number of aromatic nitrogens is 1. The minimum atomic E-state index is -0.272. The molecule has 0 saturated heterocycles. The molecule has 0 aliphatic heterocycles. The van der Waals surface area contributed by atoms with E-state index >= 15 is 0 Å². The molecule has 1 heterocycles. The standard InChI is InChI=1S/C19H25N3O3/c1-15(2)10-12-22(14-18(23)20-17-11-13-25-21-17)19(24)9-8-16-6-4-3-5-7-16/h3-7,11,13,15H,8-10,12,14H2,1-2H3,(H,20,21,23). The second kappa shape index (κ2) is 9.61. The lowest BCUT2D eigenvalue weighted by atomic mass is 10.1. The van der Waals surface area contributed by atoms with Crippen LogP contribution in [0.4, 0.5) is 5.82 Å². The topological polar surface area (TPSA) is 75.4 Å². The van der Waals surface area contributed by atoms with Gasteiger partial charge in [0, 0.05) is 19.0 Å². The first-order valence-electron chi connectivity index (χ1n) is 8.56. The number of hydrogen-bond donors (Lipinski definition) is 1. The smallest absolute Gasteiger partial charge is 0.245 e. The van der Waals surface area contributed by atoms with Gasteiger partial charge in [0.2, 0.25) is 11.8 Å². The summed E-state index contributed by atoms with van der Waals surface area (Å²) < 4.78 is 4.69. The largest absolute Gasteiger partial charge is 0.363 e. The predicted octanol–water partition coefficient (Wildman–Crippen LogP) is 3.12. The van der Waals surface area contributed by atoms with Gasteiger partial charge in [-0.05, 0) is 24.3 Å². The molecule has 2 aromatic rings. The molecule has 1 aromatic carbocycles. The normalized spacial score (nSPS) is 10.7. The van der Waals surface area contributed by atoms with Crippen LogP contribution in [0.25, 0.3) is 0 Å². The summed E-state index contributed by atoms with van der Waals surface area (Å²) in [5.74, 6) is 0.527. The molecule has 6 heteroatoms. The Bertz CT molecular complexity index is 654. The van der Waals surface area contributed by atoms with E-state index in [1.54, 1.807) is 11.0 Å². The zero-order chi connectivity index (χ0) is 18.1. The second-order valence-electron chi connectivity index (χ2n) is 6.42. The third kappa shape index (κ3) is 6.79. The third-order valence-electron chi connectivity index (χ3n) is 3.84. The average molecular weight is 343 g/mol. The molecule has 0 fully saturated rings. The van der Waals surface area contributed by atoms with Gasteiger partial charge in [-0.15, -0.1) is 0 Å². The fourth-order valence-electron chi connectivity index (χ4n) is 2.39. The maximum atomic E-state index is 12.6. The Morgan fingerprint density at radius 3 is 2.60 bits per heavy atom. The van der Waals surface area contributed by atoms with Crippen molar-refractivity contribution >= 4 is 17.6 Å². The number of carbonyl (C=O) groups is 2. The van der Waals surface area contributed by atoms with Gasteiger partial charge in [0.1, 0.15) is 6.26 Å². The highest BCUT2D eigenvalue weighted by Crippen LogP contribution is 2.09. The number of aryl methyl sites for hydroxylation is 1. The molecule has 1 N–H and O–H groups in total. The van der Waals surface area contributed by atoms with Crippen molar-refractivity contribution in [2.75, 3.05) is 18.4 Å². The Morgan fingerprint density at radius 2 is 1.96 bits per heavy atom. The van der Waals surface area contributed by atoms with Crippen molar-refractivity contribution in [1.29, 1.82) is 0 Å². The summed E-state index contributed by atoms with van der Waals surface area (Å²) in [7, 11) is 0. The number of anilines is 1. The van der Waals surface area contributed by atoms with Crippen LogP contribution in [-0.2, 0) is 16.0 Å². The number of carbonyl (C=O) groups excluding carboxylic acids is 2. The van der Waals surface area contributed by atoms with Gasteiger partial charge in [0.05, 0.1) is 6.54 Å². The highest BCUT2D eigenvalue weighted by molar-refractivity contribution is 5.93. The van der Waals surface area contributed by atoms with Crippen molar-refractivity contribution in [1.82, 2.24) is 10.1 Å². The highest BCUT2D eigenvalue weighted by Gasteiger charge is 2.18. The molecule has 0 radical (unpaired) electrons. The lowest BCUT2D eigenvalue weighted by Gasteiger charge is -2.23. The van der Waals surface area contributed by atoms with Crippen LogP contribution in [0.5, 0.6) is 0 Å². The Hall–Kier alpha value is -2.63. The van der Waals surface area contributed by atoms with Gasteiger partial charge < -0.3 is 14.7 Å². The molecule has 0 saturated carbocycles. The first-order valence-corrected chi connectivity index (χ1v) is 8.56. The summed E-state index contributed by atoms with van der Waals surface area (Å²) in [6.45, 7) is 4.79. The molecule has 2 rings (SSSR count). The van der Waals surface area contributed by atoms with Crippen molar-refractivity contribution in [2.45, 2.75) is 33.1 Å². The van der Waals surface area contributed by atoms with Gasteiger partial charge >= 0.3 is 0 Å². The number of rotatable bonds is 9. The van der Waals surface area contributed by atoms with Crippen LogP contribution >= 0.6 is 0 Å². The summed E-state index contributed by atoms with van der Waals surface area (Å²) in [4.78, 5) is 26.4. The first kappa shape index (κ1) is 18.7. The molecule has 0 bridgehead atoms. The summed E-state index contributed by atoms with van der Waals surface area (Å²) >= 11 is 0. The molecule has 0 aliphatic carbocycles. The minimum Gasteiger partial charge on any atom is -0.363 e. The molecule has 1 aromatic heterocycles. The lowest BCUT2D eigenvalue weighted by molar-refractivity contribution is -0.134. The van der Waals surface area contributed by atoms with Crippen LogP contribution in [0.3, 0.4) is 0 Å². The van der Waals surface area contributed by atoms with Gasteiger partial charge in [-0.3, -0.25) is 9.59 Å².